The second-order valence-electron chi connectivity index (χ2n) is 6.28. The first-order valence-corrected chi connectivity index (χ1v) is 10.3. The summed E-state index contributed by atoms with van der Waals surface area (Å²) in [6.07, 6.45) is 2.94. The van der Waals surface area contributed by atoms with Crippen LogP contribution in [0.5, 0.6) is 0 Å². The smallest absolute Gasteiger partial charge is 0.191 e. The number of fused-ring (bicyclic) bond motifs is 1. The first kappa shape index (κ1) is 17.8. The van der Waals surface area contributed by atoms with Crippen LogP contribution in [0.2, 0.25) is 0 Å². The van der Waals surface area contributed by atoms with E-state index in [2.05, 4.69) is 39.9 Å². The van der Waals surface area contributed by atoms with Crippen LogP contribution in [0.15, 0.2) is 29.3 Å². The van der Waals surface area contributed by atoms with Gasteiger partial charge in [0.15, 0.2) is 5.96 Å². The minimum Gasteiger partial charge on any atom is -0.357 e. The number of aliphatic imine (C=N–C) groups is 1. The molecule has 0 spiro atoms. The van der Waals surface area contributed by atoms with E-state index in [9.17, 15) is 8.42 Å². The minimum atomic E-state index is -2.92. The van der Waals surface area contributed by atoms with Crippen molar-refractivity contribution in [1.29, 1.82) is 0 Å². The quantitative estimate of drug-likeness (QED) is 0.587. The average molecular weight is 337 g/mol. The molecule has 0 bridgehead atoms. The van der Waals surface area contributed by atoms with Crippen molar-refractivity contribution in [3.63, 3.8) is 0 Å². The molecule has 0 saturated heterocycles. The van der Waals surface area contributed by atoms with Gasteiger partial charge in [-0.2, -0.15) is 0 Å². The molecule has 0 heterocycles. The molecular formula is C17H27N3O2S. The fraction of sp³-hybridized carbons (Fsp3) is 0.588. The van der Waals surface area contributed by atoms with Crippen LogP contribution in [0.1, 0.15) is 37.3 Å². The number of nitrogens with zero attached hydrogens (tertiary/aromatic N) is 1. The van der Waals surface area contributed by atoms with Crippen molar-refractivity contribution < 1.29 is 8.42 Å². The molecule has 0 aromatic heterocycles. The van der Waals surface area contributed by atoms with Gasteiger partial charge in [-0.1, -0.05) is 24.3 Å². The zero-order chi connectivity index (χ0) is 16.9. The molecule has 0 radical (unpaired) electrons. The number of hydrogen-bond acceptors (Lipinski definition) is 3. The van der Waals surface area contributed by atoms with Crippen LogP contribution >= 0.6 is 0 Å². The number of guanidine groups is 1. The molecule has 6 heteroatoms. The molecule has 5 nitrogen and oxygen atoms in total. The SMILES string of the molecule is CCNC(=NCC1Cc2ccccc21)NC(C)CCS(C)(=O)=O. The molecule has 0 saturated carbocycles. The van der Waals surface area contributed by atoms with Crippen molar-refractivity contribution in [3.8, 4) is 0 Å². The molecular weight excluding hydrogens is 310 g/mol. The molecule has 1 aliphatic carbocycles. The van der Waals surface area contributed by atoms with E-state index >= 15 is 0 Å². The third-order valence-corrected chi connectivity index (χ3v) is 5.06. The average Bonchev–Trinajstić information content (AvgIpc) is 2.45. The van der Waals surface area contributed by atoms with Crippen molar-refractivity contribution in [2.24, 2.45) is 4.99 Å². The van der Waals surface area contributed by atoms with Gasteiger partial charge in [-0.3, -0.25) is 4.99 Å². The third-order valence-electron chi connectivity index (χ3n) is 4.08. The van der Waals surface area contributed by atoms with Gasteiger partial charge in [-0.05, 0) is 37.8 Å². The van der Waals surface area contributed by atoms with E-state index in [0.29, 0.717) is 12.3 Å². The van der Waals surface area contributed by atoms with E-state index in [1.807, 2.05) is 13.8 Å². The van der Waals surface area contributed by atoms with Gasteiger partial charge in [0.2, 0.25) is 0 Å². The second kappa shape index (κ2) is 7.81. The van der Waals surface area contributed by atoms with E-state index < -0.39 is 9.84 Å². The molecule has 23 heavy (non-hydrogen) atoms. The monoisotopic (exact) mass is 337 g/mol. The maximum absolute atomic E-state index is 11.3. The van der Waals surface area contributed by atoms with Crippen LogP contribution in [0, 0.1) is 0 Å². The lowest BCUT2D eigenvalue weighted by atomic mass is 9.78. The lowest BCUT2D eigenvalue weighted by Gasteiger charge is -2.29. The van der Waals surface area contributed by atoms with Crippen LogP contribution in [0.25, 0.3) is 0 Å². The predicted molar refractivity (Wildman–Crippen MR) is 95.8 cm³/mol. The zero-order valence-electron chi connectivity index (χ0n) is 14.2. The number of hydrogen-bond donors (Lipinski definition) is 2. The van der Waals surface area contributed by atoms with Crippen molar-refractivity contribution in [1.82, 2.24) is 10.6 Å². The van der Waals surface area contributed by atoms with E-state index in [4.69, 9.17) is 0 Å². The van der Waals surface area contributed by atoms with Crippen molar-refractivity contribution in [3.05, 3.63) is 35.4 Å². The highest BCUT2D eigenvalue weighted by atomic mass is 32.2. The Kier molecular flexibility index (Phi) is 6.04. The van der Waals surface area contributed by atoms with Gasteiger partial charge in [0.05, 0.1) is 5.75 Å². The zero-order valence-corrected chi connectivity index (χ0v) is 15.0. The van der Waals surface area contributed by atoms with Crippen LogP contribution < -0.4 is 10.6 Å². The van der Waals surface area contributed by atoms with Gasteiger partial charge in [0, 0.05) is 31.3 Å². The highest BCUT2D eigenvalue weighted by molar-refractivity contribution is 7.90. The topological polar surface area (TPSA) is 70.6 Å². The molecule has 128 valence electrons. The molecule has 1 aromatic carbocycles. The summed E-state index contributed by atoms with van der Waals surface area (Å²) in [5, 5.41) is 6.52. The first-order valence-electron chi connectivity index (χ1n) is 8.19. The summed E-state index contributed by atoms with van der Waals surface area (Å²) in [5.41, 5.74) is 2.82. The van der Waals surface area contributed by atoms with Crippen LogP contribution in [-0.2, 0) is 16.3 Å². The highest BCUT2D eigenvalue weighted by Crippen LogP contribution is 2.34. The molecule has 0 amide bonds. The van der Waals surface area contributed by atoms with E-state index in [1.165, 1.54) is 17.4 Å². The Balaban J connectivity index is 1.88. The Hall–Kier alpha value is -1.56. The van der Waals surface area contributed by atoms with Crippen LogP contribution in [0.3, 0.4) is 0 Å². The van der Waals surface area contributed by atoms with E-state index in [0.717, 1.165) is 25.5 Å². The summed E-state index contributed by atoms with van der Waals surface area (Å²) in [7, 11) is -2.92. The van der Waals surface area contributed by atoms with Gasteiger partial charge in [-0.15, -0.1) is 0 Å². The molecule has 0 fully saturated rings. The second-order valence-corrected chi connectivity index (χ2v) is 8.54. The Morgan fingerprint density at radius 3 is 2.78 bits per heavy atom. The Morgan fingerprint density at radius 2 is 2.13 bits per heavy atom. The molecule has 2 unspecified atom stereocenters. The maximum atomic E-state index is 11.3. The van der Waals surface area contributed by atoms with Crippen molar-refractivity contribution >= 4 is 15.8 Å². The number of rotatable bonds is 7. The molecule has 0 aliphatic heterocycles. The van der Waals surface area contributed by atoms with Gasteiger partial charge >= 0.3 is 0 Å². The summed E-state index contributed by atoms with van der Waals surface area (Å²) in [6.45, 7) is 5.55. The van der Waals surface area contributed by atoms with E-state index in [1.54, 1.807) is 0 Å². The minimum absolute atomic E-state index is 0.0659. The van der Waals surface area contributed by atoms with Crippen molar-refractivity contribution in [2.75, 3.05) is 25.1 Å². The Labute approximate surface area is 139 Å². The van der Waals surface area contributed by atoms with Gasteiger partial charge in [-0.25, -0.2) is 8.42 Å². The van der Waals surface area contributed by atoms with Gasteiger partial charge < -0.3 is 10.6 Å². The fourth-order valence-corrected chi connectivity index (χ4v) is 3.53. The Bertz CT molecular complexity index is 656. The summed E-state index contributed by atoms with van der Waals surface area (Å²) >= 11 is 0. The van der Waals surface area contributed by atoms with Crippen molar-refractivity contribution in [2.45, 2.75) is 38.6 Å². The third kappa shape index (κ3) is 5.53. The lowest BCUT2D eigenvalue weighted by molar-refractivity contribution is 0.578. The standard InChI is InChI=1S/C17H27N3O2S/c1-4-18-17(20-13(2)9-10-23(3,21)22)19-12-15-11-14-7-5-6-8-16(14)15/h5-8,13,15H,4,9-12H2,1-3H3,(H2,18,19,20). The number of sulfone groups is 1. The van der Waals surface area contributed by atoms with Crippen LogP contribution in [-0.4, -0.2) is 45.5 Å². The molecule has 2 rings (SSSR count). The number of nitrogens with one attached hydrogen (secondary N) is 2. The molecule has 1 aromatic rings. The van der Waals surface area contributed by atoms with Crippen LogP contribution in [0.4, 0.5) is 0 Å². The predicted octanol–water partition coefficient (Wildman–Crippen LogP) is 1.70. The number of benzene rings is 1. The first-order chi connectivity index (χ1) is 10.9. The maximum Gasteiger partial charge on any atom is 0.191 e. The largest absolute Gasteiger partial charge is 0.357 e. The summed E-state index contributed by atoms with van der Waals surface area (Å²) < 4.78 is 22.5. The fourth-order valence-electron chi connectivity index (χ4n) is 2.74. The van der Waals surface area contributed by atoms with E-state index in [-0.39, 0.29) is 11.8 Å². The summed E-state index contributed by atoms with van der Waals surface area (Å²) in [4.78, 5) is 4.66. The van der Waals surface area contributed by atoms with Gasteiger partial charge in [0.1, 0.15) is 9.84 Å². The molecule has 2 atom stereocenters. The van der Waals surface area contributed by atoms with Gasteiger partial charge in [0.25, 0.3) is 0 Å². The Morgan fingerprint density at radius 1 is 1.39 bits per heavy atom. The normalized spacial score (nSPS) is 18.7. The highest BCUT2D eigenvalue weighted by Gasteiger charge is 2.25. The summed E-state index contributed by atoms with van der Waals surface area (Å²) in [6, 6.07) is 8.57. The molecule has 1 aliphatic rings. The summed E-state index contributed by atoms with van der Waals surface area (Å²) in [5.74, 6) is 1.45. The molecule has 2 N–H and O–H groups in total. The lowest BCUT2D eigenvalue weighted by Crippen LogP contribution is -2.43.